The highest BCUT2D eigenvalue weighted by Gasteiger charge is 2.26. The maximum atomic E-state index is 12.8. The molecule has 0 radical (unpaired) electrons. The fourth-order valence-corrected chi connectivity index (χ4v) is 5.79. The maximum absolute atomic E-state index is 12.8. The third-order valence-corrected chi connectivity index (χ3v) is 8.32. The monoisotopic (exact) mass is 660 g/mol. The molecule has 3 heterocycles. The Labute approximate surface area is 257 Å². The standard InChI is InChI=1S/C29H29N3O11S2/c1-40-32-23(15-16-27-31(18-8-20-45(37,38)39)22-10-3-5-12-25(22)42-27)29(33)43-28(32)14-6-13-26-30(17-7-19-44(34,35)36)21-9-2-4-11-24(21)41-26/h2-6,9-16H,7-8,17-20H2,1H3,(H-,34,35,36,37,38,39)/p+1. The number of benzene rings is 2. The molecule has 16 heteroatoms. The number of hydrogen-bond acceptors (Lipinski definition) is 10. The van der Waals surface area contributed by atoms with Crippen molar-refractivity contribution < 1.29 is 48.9 Å². The highest BCUT2D eigenvalue weighted by atomic mass is 32.2. The van der Waals surface area contributed by atoms with E-state index in [1.165, 1.54) is 30.1 Å². The zero-order valence-corrected chi connectivity index (χ0v) is 25.6. The van der Waals surface area contributed by atoms with Crippen molar-refractivity contribution in [3.05, 3.63) is 93.8 Å². The molecule has 1 aliphatic rings. The molecule has 0 atom stereocenters. The first-order valence-corrected chi connectivity index (χ1v) is 16.9. The van der Waals surface area contributed by atoms with Gasteiger partial charge in [0.15, 0.2) is 17.6 Å². The Morgan fingerprint density at radius 3 is 2.38 bits per heavy atom. The number of aromatic nitrogens is 2. The number of allylic oxidation sites excluding steroid dienone is 2. The van der Waals surface area contributed by atoms with Gasteiger partial charge in [0.25, 0.3) is 25.8 Å². The van der Waals surface area contributed by atoms with Crippen LogP contribution in [0.25, 0.3) is 29.3 Å². The van der Waals surface area contributed by atoms with Crippen molar-refractivity contribution >= 4 is 55.3 Å². The average molecular weight is 661 g/mol. The van der Waals surface area contributed by atoms with Crippen LogP contribution in [-0.2, 0) is 26.8 Å². The number of nitrogens with zero attached hydrogens (tertiary/aromatic N) is 3. The molecule has 0 fully saturated rings. The lowest BCUT2D eigenvalue weighted by atomic mass is 10.2. The van der Waals surface area contributed by atoms with Crippen molar-refractivity contribution in [2.45, 2.75) is 19.4 Å². The summed E-state index contributed by atoms with van der Waals surface area (Å²) in [6, 6.07) is 14.3. The van der Waals surface area contributed by atoms with Crippen molar-refractivity contribution in [1.82, 2.24) is 4.73 Å². The van der Waals surface area contributed by atoms with E-state index < -0.39 is 37.4 Å². The summed E-state index contributed by atoms with van der Waals surface area (Å²) in [5.74, 6) is 0.423. The van der Waals surface area contributed by atoms with Crippen LogP contribution < -0.4 is 35.6 Å². The minimum atomic E-state index is -4.14. The van der Waals surface area contributed by atoms with Crippen molar-refractivity contribution in [3.8, 4) is 5.75 Å². The molecular formula is C29H30N3O11S2+. The summed E-state index contributed by atoms with van der Waals surface area (Å²) < 4.78 is 83.3. The minimum absolute atomic E-state index is 0.0334. The molecule has 1 aliphatic heterocycles. The largest absolute Gasteiger partial charge is 0.439 e. The van der Waals surface area contributed by atoms with Crippen LogP contribution in [0.4, 0.5) is 5.69 Å². The Morgan fingerprint density at radius 2 is 1.62 bits per heavy atom. The first kappa shape index (κ1) is 31.8. The SMILES string of the molecule is COn1c(=CC=Cc2oc3ccccc3[n+]2CCCS(=O)(=O)O)oc(=O)c1=CC=C1Oc2ccccc2N1CCCS(=O)(=O)O. The summed E-state index contributed by atoms with van der Waals surface area (Å²) in [6.07, 6.45) is 7.91. The van der Waals surface area contributed by atoms with Crippen LogP contribution in [0, 0.1) is 0 Å². The van der Waals surface area contributed by atoms with E-state index in [4.69, 9.17) is 27.5 Å². The first-order valence-electron chi connectivity index (χ1n) is 13.7. The van der Waals surface area contributed by atoms with Crippen molar-refractivity contribution in [1.29, 1.82) is 0 Å². The molecule has 0 unspecified atom stereocenters. The van der Waals surface area contributed by atoms with Gasteiger partial charge < -0.3 is 23.3 Å². The third-order valence-electron chi connectivity index (χ3n) is 6.71. The molecule has 4 aromatic rings. The molecule has 2 N–H and O–H groups in total. The van der Waals surface area contributed by atoms with Crippen LogP contribution in [0.1, 0.15) is 18.7 Å². The predicted molar refractivity (Wildman–Crippen MR) is 164 cm³/mol. The quantitative estimate of drug-likeness (QED) is 0.163. The van der Waals surface area contributed by atoms with E-state index in [0.717, 1.165) is 5.52 Å². The van der Waals surface area contributed by atoms with Crippen LogP contribution in [-0.4, -0.2) is 55.8 Å². The summed E-state index contributed by atoms with van der Waals surface area (Å²) in [6.45, 7) is 0.477. The van der Waals surface area contributed by atoms with Crippen LogP contribution in [0.2, 0.25) is 0 Å². The Kier molecular flexibility index (Phi) is 9.29. The second kappa shape index (κ2) is 13.2. The highest BCUT2D eigenvalue weighted by molar-refractivity contribution is 7.86. The number of hydrogen-bond donors (Lipinski definition) is 2. The molecule has 5 rings (SSSR count). The normalized spacial score (nSPS) is 15.4. The van der Waals surface area contributed by atoms with Gasteiger partial charge in [0.1, 0.15) is 7.11 Å². The van der Waals surface area contributed by atoms with Crippen LogP contribution >= 0.6 is 0 Å². The molecule has 0 bridgehead atoms. The van der Waals surface area contributed by atoms with Crippen molar-refractivity contribution in [3.63, 3.8) is 0 Å². The Balaban J connectivity index is 1.44. The number of para-hydroxylation sites is 4. The van der Waals surface area contributed by atoms with Gasteiger partial charge in [-0.25, -0.2) is 4.79 Å². The smallest absolute Gasteiger partial charge is 0.374 e. The highest BCUT2D eigenvalue weighted by Crippen LogP contribution is 2.38. The molecule has 45 heavy (non-hydrogen) atoms. The van der Waals surface area contributed by atoms with Crippen LogP contribution in [0.3, 0.4) is 0 Å². The number of rotatable bonds is 12. The third kappa shape index (κ3) is 7.72. The Bertz CT molecular complexity index is 2180. The summed E-state index contributed by atoms with van der Waals surface area (Å²) in [4.78, 5) is 19.9. The second-order valence-corrected chi connectivity index (χ2v) is 13.0. The fraction of sp³-hybridized carbons (Fsp3) is 0.241. The molecule has 0 saturated carbocycles. The lowest BCUT2D eigenvalue weighted by Gasteiger charge is -2.17. The zero-order chi connectivity index (χ0) is 32.2. The number of anilines is 1. The molecule has 14 nitrogen and oxygen atoms in total. The summed E-state index contributed by atoms with van der Waals surface area (Å²) in [5.41, 5.74) is 1.35. The summed E-state index contributed by atoms with van der Waals surface area (Å²) >= 11 is 0. The predicted octanol–water partition coefficient (Wildman–Crippen LogP) is 1.10. The number of ether oxygens (including phenoxy) is 1. The van der Waals surface area contributed by atoms with E-state index in [1.807, 2.05) is 12.1 Å². The van der Waals surface area contributed by atoms with Gasteiger partial charge in [-0.2, -0.15) is 21.4 Å². The van der Waals surface area contributed by atoms with Gasteiger partial charge in [-0.1, -0.05) is 24.3 Å². The Morgan fingerprint density at radius 1 is 0.911 bits per heavy atom. The molecule has 238 valence electrons. The molecule has 0 spiro atoms. The minimum Gasteiger partial charge on any atom is -0.439 e. The molecule has 0 amide bonds. The number of fused-ring (bicyclic) bond motifs is 2. The fourth-order valence-electron chi connectivity index (χ4n) is 4.80. The van der Waals surface area contributed by atoms with Crippen LogP contribution in [0.15, 0.2) is 80.2 Å². The van der Waals surface area contributed by atoms with E-state index in [0.29, 0.717) is 28.8 Å². The Hall–Kier alpha value is -4.64. The summed E-state index contributed by atoms with van der Waals surface area (Å²) in [7, 11) is -6.90. The molecular weight excluding hydrogens is 630 g/mol. The summed E-state index contributed by atoms with van der Waals surface area (Å²) in [5, 5.41) is 0.0334. The molecule has 0 saturated heterocycles. The lowest BCUT2D eigenvalue weighted by Crippen LogP contribution is -2.36. The van der Waals surface area contributed by atoms with E-state index in [1.54, 1.807) is 58.0 Å². The van der Waals surface area contributed by atoms with E-state index in [-0.39, 0.29) is 36.8 Å². The zero-order valence-electron chi connectivity index (χ0n) is 24.0. The average Bonchev–Trinajstić information content (AvgIpc) is 3.61. The van der Waals surface area contributed by atoms with E-state index >= 15 is 0 Å². The first-order chi connectivity index (χ1) is 21.4. The molecule has 2 aromatic heterocycles. The van der Waals surface area contributed by atoms with Gasteiger partial charge in [0.2, 0.25) is 17.0 Å². The van der Waals surface area contributed by atoms with Gasteiger partial charge in [0, 0.05) is 31.2 Å². The van der Waals surface area contributed by atoms with Gasteiger partial charge in [-0.05, 0) is 36.8 Å². The number of aryl methyl sites for hydroxylation is 1. The number of oxazole rings is 2. The maximum Gasteiger partial charge on any atom is 0.374 e. The van der Waals surface area contributed by atoms with Gasteiger partial charge in [-0.15, -0.1) is 4.73 Å². The van der Waals surface area contributed by atoms with E-state index in [9.17, 15) is 21.6 Å². The van der Waals surface area contributed by atoms with Crippen LogP contribution in [0.5, 0.6) is 5.75 Å². The molecule has 2 aromatic carbocycles. The van der Waals surface area contributed by atoms with Gasteiger partial charge in [0.05, 0.1) is 23.3 Å². The van der Waals surface area contributed by atoms with Crippen molar-refractivity contribution in [2.75, 3.05) is 30.1 Å². The lowest BCUT2D eigenvalue weighted by molar-refractivity contribution is -0.677. The van der Waals surface area contributed by atoms with Gasteiger partial charge in [-0.3, -0.25) is 9.11 Å². The second-order valence-electron chi connectivity index (χ2n) is 9.85. The topological polar surface area (TPSA) is 183 Å². The molecule has 0 aliphatic carbocycles. The van der Waals surface area contributed by atoms with Crippen molar-refractivity contribution in [2.24, 2.45) is 0 Å². The van der Waals surface area contributed by atoms with Gasteiger partial charge >= 0.3 is 11.5 Å². The van der Waals surface area contributed by atoms with E-state index in [2.05, 4.69) is 0 Å².